The minimum Gasteiger partial charge on any atom is -0.481 e. The van der Waals surface area contributed by atoms with Gasteiger partial charge in [-0.05, 0) is 12.8 Å². The summed E-state index contributed by atoms with van der Waals surface area (Å²) in [5.74, 6) is -1.07. The van der Waals surface area contributed by atoms with Gasteiger partial charge in [0.1, 0.15) is 0 Å². The van der Waals surface area contributed by atoms with Gasteiger partial charge in [-0.25, -0.2) is 0 Å². The van der Waals surface area contributed by atoms with E-state index < -0.39 is 16.1 Å². The molecule has 0 saturated carbocycles. The quantitative estimate of drug-likeness (QED) is 0.481. The molecule has 0 fully saturated rings. The van der Waals surface area contributed by atoms with Crippen molar-refractivity contribution in [3.8, 4) is 0 Å². The summed E-state index contributed by atoms with van der Waals surface area (Å²) < 4.78 is 28.8. The zero-order chi connectivity index (χ0) is 10.3. The van der Waals surface area contributed by atoms with E-state index in [0.29, 0.717) is 25.7 Å². The summed E-state index contributed by atoms with van der Waals surface area (Å²) in [6.45, 7) is 0. The van der Waals surface area contributed by atoms with E-state index in [1.807, 2.05) is 0 Å². The van der Waals surface area contributed by atoms with E-state index in [1.54, 1.807) is 0 Å². The van der Waals surface area contributed by atoms with Gasteiger partial charge in [0.25, 0.3) is 10.1 Å². The van der Waals surface area contributed by atoms with Gasteiger partial charge in [-0.3, -0.25) is 9.35 Å². The molecule has 0 amide bonds. The molecule has 0 aromatic heterocycles. The van der Waals surface area contributed by atoms with Crippen LogP contribution < -0.4 is 0 Å². The van der Waals surface area contributed by atoms with Crippen LogP contribution in [0.4, 0.5) is 0 Å². The molecule has 0 radical (unpaired) electrons. The summed E-state index contributed by atoms with van der Waals surface area (Å²) in [6.07, 6.45) is 2.38. The van der Waals surface area contributed by atoms with Crippen molar-refractivity contribution >= 4 is 16.1 Å². The molecule has 0 atom stereocenters. The van der Waals surface area contributed by atoms with Crippen molar-refractivity contribution in [2.75, 3.05) is 5.75 Å². The molecule has 0 aliphatic heterocycles. The van der Waals surface area contributed by atoms with Crippen molar-refractivity contribution in [2.45, 2.75) is 32.1 Å². The molecule has 0 saturated heterocycles. The number of hydrogen-bond donors (Lipinski definition) is 2. The van der Waals surface area contributed by atoms with Gasteiger partial charge in [0.2, 0.25) is 0 Å². The van der Waals surface area contributed by atoms with Crippen molar-refractivity contribution in [2.24, 2.45) is 0 Å². The lowest BCUT2D eigenvalue weighted by Gasteiger charge is -1.97. The Labute approximate surface area is 77.5 Å². The van der Waals surface area contributed by atoms with Crippen molar-refractivity contribution in [1.29, 1.82) is 0 Å². The van der Waals surface area contributed by atoms with Crippen LogP contribution in [0.15, 0.2) is 0 Å². The summed E-state index contributed by atoms with van der Waals surface area (Å²) >= 11 is 0. The van der Waals surface area contributed by atoms with Crippen LogP contribution in [0, 0.1) is 0 Å². The highest BCUT2D eigenvalue weighted by atomic mass is 32.2. The highest BCUT2D eigenvalue weighted by Crippen LogP contribution is 2.04. The van der Waals surface area contributed by atoms with Crippen molar-refractivity contribution in [1.82, 2.24) is 0 Å². The van der Waals surface area contributed by atoms with E-state index >= 15 is 0 Å². The van der Waals surface area contributed by atoms with Crippen LogP contribution in [0.2, 0.25) is 0 Å². The molecule has 0 spiro atoms. The van der Waals surface area contributed by atoms with Gasteiger partial charge >= 0.3 is 5.97 Å². The van der Waals surface area contributed by atoms with E-state index in [1.165, 1.54) is 0 Å². The molecule has 2 N–H and O–H groups in total. The number of aliphatic carboxylic acids is 1. The molecule has 5 nitrogen and oxygen atoms in total. The Hall–Kier alpha value is -0.620. The fourth-order valence-corrected chi connectivity index (χ4v) is 1.48. The third kappa shape index (κ3) is 11.4. The number of carboxylic acids is 1. The van der Waals surface area contributed by atoms with Gasteiger partial charge in [0, 0.05) is 6.42 Å². The fraction of sp³-hybridized carbons (Fsp3) is 0.857. The van der Waals surface area contributed by atoms with E-state index in [9.17, 15) is 13.2 Å². The van der Waals surface area contributed by atoms with Crippen LogP contribution in [0.5, 0.6) is 0 Å². The molecular formula is C7H14O5S. The summed E-state index contributed by atoms with van der Waals surface area (Å²) in [6, 6.07) is 0. The third-order valence-electron chi connectivity index (χ3n) is 1.54. The Morgan fingerprint density at radius 2 is 1.62 bits per heavy atom. The second-order valence-electron chi connectivity index (χ2n) is 2.84. The smallest absolute Gasteiger partial charge is 0.303 e. The highest BCUT2D eigenvalue weighted by Gasteiger charge is 2.03. The number of carboxylic acid groups (broad SMARTS) is 1. The van der Waals surface area contributed by atoms with Crippen LogP contribution >= 0.6 is 0 Å². The van der Waals surface area contributed by atoms with Gasteiger partial charge < -0.3 is 5.11 Å². The minimum atomic E-state index is -3.84. The molecule has 0 aromatic rings. The standard InChI is InChI=1S/C7H14O5S/c8-7(9)5-3-1-2-4-6-13(10,11)12/h1-6H2,(H,8,9)(H,10,11,12). The van der Waals surface area contributed by atoms with Crippen LogP contribution in [-0.2, 0) is 14.9 Å². The molecule has 0 bridgehead atoms. The largest absolute Gasteiger partial charge is 0.481 e. The monoisotopic (exact) mass is 210 g/mol. The topological polar surface area (TPSA) is 91.7 Å². The SMILES string of the molecule is O=C(O)CCCCCCS(=O)(=O)O. The maximum Gasteiger partial charge on any atom is 0.303 e. The first-order valence-electron chi connectivity index (χ1n) is 4.09. The lowest BCUT2D eigenvalue weighted by molar-refractivity contribution is -0.137. The van der Waals surface area contributed by atoms with Crippen molar-refractivity contribution < 1.29 is 22.9 Å². The molecule has 0 aliphatic carbocycles. The van der Waals surface area contributed by atoms with Crippen LogP contribution in [0.25, 0.3) is 0 Å². The Kier molecular flexibility index (Phi) is 5.65. The number of carbonyl (C=O) groups is 1. The second-order valence-corrected chi connectivity index (χ2v) is 4.42. The molecule has 0 aromatic carbocycles. The molecule has 0 aliphatic rings. The molecule has 0 unspecified atom stereocenters. The summed E-state index contributed by atoms with van der Waals surface area (Å²) in [5, 5.41) is 8.26. The van der Waals surface area contributed by atoms with Gasteiger partial charge in [-0.2, -0.15) is 8.42 Å². The number of hydrogen-bond acceptors (Lipinski definition) is 3. The van der Waals surface area contributed by atoms with Gasteiger partial charge in [-0.15, -0.1) is 0 Å². The normalized spacial score (nSPS) is 11.5. The average molecular weight is 210 g/mol. The molecule has 0 heterocycles. The second kappa shape index (κ2) is 5.93. The van der Waals surface area contributed by atoms with Crippen LogP contribution in [-0.4, -0.2) is 29.8 Å². The number of rotatable bonds is 7. The number of unbranched alkanes of at least 4 members (excludes halogenated alkanes) is 3. The minimum absolute atomic E-state index is 0.117. The lowest BCUT2D eigenvalue weighted by Crippen LogP contribution is -2.03. The first-order chi connectivity index (χ1) is 5.92. The van der Waals surface area contributed by atoms with E-state index in [4.69, 9.17) is 9.66 Å². The Bertz CT molecular complexity index is 244. The van der Waals surface area contributed by atoms with E-state index in [-0.39, 0.29) is 12.2 Å². The van der Waals surface area contributed by atoms with Gasteiger partial charge in [0.15, 0.2) is 0 Å². The molecule has 78 valence electrons. The third-order valence-corrected chi connectivity index (χ3v) is 2.35. The maximum atomic E-state index is 10.2. The molecule has 0 rings (SSSR count). The van der Waals surface area contributed by atoms with Crippen LogP contribution in [0.3, 0.4) is 0 Å². The van der Waals surface area contributed by atoms with Crippen molar-refractivity contribution in [3.05, 3.63) is 0 Å². The summed E-state index contributed by atoms with van der Waals surface area (Å²) in [5.41, 5.74) is 0. The highest BCUT2D eigenvalue weighted by molar-refractivity contribution is 7.85. The van der Waals surface area contributed by atoms with E-state index in [2.05, 4.69) is 0 Å². The Morgan fingerprint density at radius 1 is 1.08 bits per heavy atom. The Morgan fingerprint density at radius 3 is 2.08 bits per heavy atom. The first kappa shape index (κ1) is 12.4. The lowest BCUT2D eigenvalue weighted by atomic mass is 10.2. The predicted molar refractivity (Wildman–Crippen MR) is 47.1 cm³/mol. The zero-order valence-corrected chi connectivity index (χ0v) is 8.09. The maximum absolute atomic E-state index is 10.2. The zero-order valence-electron chi connectivity index (χ0n) is 7.27. The summed E-state index contributed by atoms with van der Waals surface area (Å²) in [7, 11) is -3.84. The predicted octanol–water partition coefficient (Wildman–Crippen LogP) is 0.909. The fourth-order valence-electron chi connectivity index (χ4n) is 0.914. The van der Waals surface area contributed by atoms with Crippen molar-refractivity contribution in [3.63, 3.8) is 0 Å². The summed E-state index contributed by atoms with van der Waals surface area (Å²) in [4.78, 5) is 10.1. The van der Waals surface area contributed by atoms with Gasteiger partial charge in [-0.1, -0.05) is 12.8 Å². The first-order valence-corrected chi connectivity index (χ1v) is 5.70. The Balaban J connectivity index is 3.23. The molecular weight excluding hydrogens is 196 g/mol. The molecule has 6 heteroatoms. The molecule has 13 heavy (non-hydrogen) atoms. The average Bonchev–Trinajstić information content (AvgIpc) is 1.93. The van der Waals surface area contributed by atoms with E-state index in [0.717, 1.165) is 0 Å². The van der Waals surface area contributed by atoms with Crippen LogP contribution in [0.1, 0.15) is 32.1 Å². The van der Waals surface area contributed by atoms with Gasteiger partial charge in [0.05, 0.1) is 5.75 Å².